The van der Waals surface area contributed by atoms with Crippen molar-refractivity contribution in [1.82, 2.24) is 0 Å². The first kappa shape index (κ1) is 12.3. The van der Waals surface area contributed by atoms with Gasteiger partial charge >= 0.3 is 0 Å². The van der Waals surface area contributed by atoms with Crippen LogP contribution in [-0.2, 0) is 9.47 Å². The first-order chi connectivity index (χ1) is 7.59. The van der Waals surface area contributed by atoms with E-state index in [9.17, 15) is 0 Å². The molecule has 0 amide bonds. The monoisotopic (exact) mass is 227 g/mol. The van der Waals surface area contributed by atoms with Gasteiger partial charge in [0.25, 0.3) is 0 Å². The van der Waals surface area contributed by atoms with Gasteiger partial charge in [-0.3, -0.25) is 0 Å². The summed E-state index contributed by atoms with van der Waals surface area (Å²) in [6.07, 6.45) is 6.43. The Morgan fingerprint density at radius 2 is 2.12 bits per heavy atom. The Kier molecular flexibility index (Phi) is 3.88. The van der Waals surface area contributed by atoms with E-state index in [1.165, 1.54) is 19.3 Å². The molecule has 1 aliphatic heterocycles. The number of rotatable bonds is 3. The maximum Gasteiger partial charge on any atom is 0.0808 e. The Labute approximate surface area is 98.7 Å². The minimum atomic E-state index is 0.177. The maximum atomic E-state index is 6.21. The molecule has 1 saturated carbocycles. The molecule has 2 aliphatic rings. The van der Waals surface area contributed by atoms with Gasteiger partial charge < -0.3 is 15.2 Å². The van der Waals surface area contributed by atoms with Crippen LogP contribution in [0.25, 0.3) is 0 Å². The molecule has 0 spiro atoms. The van der Waals surface area contributed by atoms with E-state index in [-0.39, 0.29) is 17.6 Å². The fraction of sp³-hybridized carbons (Fsp3) is 1.00. The van der Waals surface area contributed by atoms with Crippen molar-refractivity contribution >= 4 is 0 Å². The van der Waals surface area contributed by atoms with Crippen LogP contribution in [-0.4, -0.2) is 31.5 Å². The van der Waals surface area contributed by atoms with Crippen LogP contribution in [0.2, 0.25) is 0 Å². The SMILES string of the molecule is CC1(C)CCC(OCC2CCCCO2)C1N. The minimum Gasteiger partial charge on any atom is -0.376 e. The van der Waals surface area contributed by atoms with Crippen LogP contribution in [0.5, 0.6) is 0 Å². The molecule has 3 atom stereocenters. The van der Waals surface area contributed by atoms with Crippen LogP contribution in [0, 0.1) is 5.41 Å². The van der Waals surface area contributed by atoms with E-state index in [0.29, 0.717) is 6.10 Å². The molecule has 0 radical (unpaired) electrons. The summed E-state index contributed by atoms with van der Waals surface area (Å²) < 4.78 is 11.6. The first-order valence-corrected chi connectivity index (χ1v) is 6.58. The van der Waals surface area contributed by atoms with Gasteiger partial charge in [-0.1, -0.05) is 13.8 Å². The molecule has 94 valence electrons. The lowest BCUT2D eigenvalue weighted by Crippen LogP contribution is -2.42. The van der Waals surface area contributed by atoms with E-state index in [2.05, 4.69) is 13.8 Å². The molecule has 1 heterocycles. The lowest BCUT2D eigenvalue weighted by Gasteiger charge is -2.29. The van der Waals surface area contributed by atoms with Crippen molar-refractivity contribution in [2.45, 2.75) is 64.2 Å². The lowest BCUT2D eigenvalue weighted by atomic mass is 9.88. The smallest absolute Gasteiger partial charge is 0.0808 e. The van der Waals surface area contributed by atoms with Crippen molar-refractivity contribution in [2.24, 2.45) is 11.1 Å². The molecule has 2 fully saturated rings. The average molecular weight is 227 g/mol. The molecule has 0 aromatic carbocycles. The predicted octanol–water partition coefficient (Wildman–Crippen LogP) is 2.09. The van der Waals surface area contributed by atoms with Crippen molar-refractivity contribution in [1.29, 1.82) is 0 Å². The zero-order valence-corrected chi connectivity index (χ0v) is 10.6. The summed E-state index contributed by atoms with van der Waals surface area (Å²) in [6.45, 7) is 6.10. The highest BCUT2D eigenvalue weighted by molar-refractivity contribution is 4.95. The van der Waals surface area contributed by atoms with E-state index in [1.807, 2.05) is 0 Å². The van der Waals surface area contributed by atoms with E-state index < -0.39 is 0 Å². The molecule has 3 heteroatoms. The van der Waals surface area contributed by atoms with Gasteiger partial charge in [0.15, 0.2) is 0 Å². The average Bonchev–Trinajstić information content (AvgIpc) is 2.54. The molecular weight excluding hydrogens is 202 g/mol. The van der Waals surface area contributed by atoms with E-state index in [1.54, 1.807) is 0 Å². The van der Waals surface area contributed by atoms with Crippen LogP contribution < -0.4 is 5.73 Å². The fourth-order valence-corrected chi connectivity index (χ4v) is 2.72. The molecule has 1 aliphatic carbocycles. The van der Waals surface area contributed by atoms with Crippen molar-refractivity contribution in [2.75, 3.05) is 13.2 Å². The highest BCUT2D eigenvalue weighted by Gasteiger charge is 2.40. The summed E-state index contributed by atoms with van der Waals surface area (Å²) in [7, 11) is 0. The van der Waals surface area contributed by atoms with Crippen LogP contribution in [0.1, 0.15) is 46.0 Å². The highest BCUT2D eigenvalue weighted by Crippen LogP contribution is 2.37. The van der Waals surface area contributed by atoms with Gasteiger partial charge in [0.05, 0.1) is 18.8 Å². The molecule has 16 heavy (non-hydrogen) atoms. The second kappa shape index (κ2) is 5.03. The molecule has 0 aromatic rings. The Hall–Kier alpha value is -0.120. The van der Waals surface area contributed by atoms with Gasteiger partial charge in [0.1, 0.15) is 0 Å². The second-order valence-electron chi connectivity index (χ2n) is 5.91. The summed E-state index contributed by atoms with van der Waals surface area (Å²) in [6, 6.07) is 0.177. The van der Waals surface area contributed by atoms with Crippen LogP contribution in [0.15, 0.2) is 0 Å². The zero-order valence-electron chi connectivity index (χ0n) is 10.6. The molecule has 0 bridgehead atoms. The quantitative estimate of drug-likeness (QED) is 0.803. The minimum absolute atomic E-state index is 0.177. The van der Waals surface area contributed by atoms with Crippen molar-refractivity contribution in [3.05, 3.63) is 0 Å². The van der Waals surface area contributed by atoms with Crippen molar-refractivity contribution < 1.29 is 9.47 Å². The molecule has 3 unspecified atom stereocenters. The summed E-state index contributed by atoms with van der Waals surface area (Å²) in [5.41, 5.74) is 6.44. The third-order valence-corrected chi connectivity index (χ3v) is 4.15. The lowest BCUT2D eigenvalue weighted by molar-refractivity contribution is -0.0665. The predicted molar refractivity (Wildman–Crippen MR) is 64.3 cm³/mol. The van der Waals surface area contributed by atoms with E-state index in [0.717, 1.165) is 26.1 Å². The molecular formula is C13H25NO2. The van der Waals surface area contributed by atoms with E-state index >= 15 is 0 Å². The maximum absolute atomic E-state index is 6.21. The number of ether oxygens (including phenoxy) is 2. The summed E-state index contributed by atoms with van der Waals surface area (Å²) in [4.78, 5) is 0. The number of nitrogens with two attached hydrogens (primary N) is 1. The largest absolute Gasteiger partial charge is 0.376 e. The summed E-state index contributed by atoms with van der Waals surface area (Å²) >= 11 is 0. The fourth-order valence-electron chi connectivity index (χ4n) is 2.72. The number of hydrogen-bond acceptors (Lipinski definition) is 3. The Bertz CT molecular complexity index is 224. The molecule has 2 rings (SSSR count). The van der Waals surface area contributed by atoms with Gasteiger partial charge in [-0.2, -0.15) is 0 Å². The van der Waals surface area contributed by atoms with Crippen LogP contribution >= 0.6 is 0 Å². The van der Waals surface area contributed by atoms with Gasteiger partial charge in [-0.15, -0.1) is 0 Å². The standard InChI is InChI=1S/C13H25NO2/c1-13(2)7-6-11(12(13)14)16-9-10-5-3-4-8-15-10/h10-12H,3-9,14H2,1-2H3. The third kappa shape index (κ3) is 2.76. The Morgan fingerprint density at radius 1 is 1.31 bits per heavy atom. The van der Waals surface area contributed by atoms with Crippen molar-refractivity contribution in [3.63, 3.8) is 0 Å². The molecule has 1 saturated heterocycles. The molecule has 0 aromatic heterocycles. The zero-order chi connectivity index (χ0) is 11.6. The van der Waals surface area contributed by atoms with Gasteiger partial charge in [0.2, 0.25) is 0 Å². The van der Waals surface area contributed by atoms with Crippen molar-refractivity contribution in [3.8, 4) is 0 Å². The van der Waals surface area contributed by atoms with Gasteiger partial charge in [0, 0.05) is 12.6 Å². The third-order valence-electron chi connectivity index (χ3n) is 4.15. The second-order valence-corrected chi connectivity index (χ2v) is 5.91. The van der Waals surface area contributed by atoms with Gasteiger partial charge in [-0.05, 0) is 37.5 Å². The highest BCUT2D eigenvalue weighted by atomic mass is 16.5. The Morgan fingerprint density at radius 3 is 2.69 bits per heavy atom. The molecule has 3 nitrogen and oxygen atoms in total. The molecule has 2 N–H and O–H groups in total. The summed E-state index contributed by atoms with van der Waals surface area (Å²) in [5.74, 6) is 0. The van der Waals surface area contributed by atoms with Crippen LogP contribution in [0.4, 0.5) is 0 Å². The van der Waals surface area contributed by atoms with Crippen LogP contribution in [0.3, 0.4) is 0 Å². The van der Waals surface area contributed by atoms with Gasteiger partial charge in [-0.25, -0.2) is 0 Å². The first-order valence-electron chi connectivity index (χ1n) is 6.58. The Balaban J connectivity index is 1.74. The number of hydrogen-bond donors (Lipinski definition) is 1. The normalized spacial score (nSPS) is 38.8. The van der Waals surface area contributed by atoms with E-state index in [4.69, 9.17) is 15.2 Å². The topological polar surface area (TPSA) is 44.5 Å². The summed E-state index contributed by atoms with van der Waals surface area (Å²) in [5, 5.41) is 0.